The van der Waals surface area contributed by atoms with E-state index in [2.05, 4.69) is 5.32 Å². The van der Waals surface area contributed by atoms with Crippen molar-refractivity contribution in [2.24, 2.45) is 0 Å². The van der Waals surface area contributed by atoms with Gasteiger partial charge in [-0.25, -0.2) is 4.79 Å². The summed E-state index contributed by atoms with van der Waals surface area (Å²) in [4.78, 5) is 12.4. The molecule has 0 saturated heterocycles. The van der Waals surface area contributed by atoms with Crippen molar-refractivity contribution < 1.29 is 26.9 Å². The predicted octanol–water partition coefficient (Wildman–Crippen LogP) is 4.36. The third-order valence-corrected chi connectivity index (χ3v) is 5.61. The second kappa shape index (κ2) is 9.49. The molecule has 30 heavy (non-hydrogen) atoms. The smallest absolute Gasteiger partial charge is 0.408 e. The fourth-order valence-electron chi connectivity index (χ4n) is 2.73. The Morgan fingerprint density at radius 2 is 1.57 bits per heavy atom. The fourth-order valence-corrected chi connectivity index (χ4v) is 3.82. The van der Waals surface area contributed by atoms with Gasteiger partial charge in [-0.3, -0.25) is 4.18 Å². The van der Waals surface area contributed by atoms with Crippen molar-refractivity contribution in [2.75, 3.05) is 7.11 Å². The molecule has 0 spiro atoms. The molecule has 0 aromatic heterocycles. The van der Waals surface area contributed by atoms with Crippen LogP contribution in [0.2, 0.25) is 0 Å². The molecule has 1 amide bonds. The number of methoxy groups -OCH3 is 1. The van der Waals surface area contributed by atoms with Crippen molar-refractivity contribution in [3.8, 4) is 5.75 Å². The highest BCUT2D eigenvalue weighted by Gasteiger charge is 2.29. The van der Waals surface area contributed by atoms with Crippen molar-refractivity contribution >= 4 is 16.2 Å². The number of carbonyl (C=O) groups is 1. The van der Waals surface area contributed by atoms with E-state index in [0.29, 0.717) is 11.3 Å². The summed E-state index contributed by atoms with van der Waals surface area (Å²) in [6.07, 6.45) is -1.58. The van der Waals surface area contributed by atoms with Crippen LogP contribution < -0.4 is 10.1 Å². The number of nitrogens with one attached hydrogen (secondary N) is 1. The molecule has 164 valence electrons. The second-order valence-corrected chi connectivity index (χ2v) is 9.54. The van der Waals surface area contributed by atoms with Gasteiger partial charge < -0.3 is 14.8 Å². The zero-order valence-corrected chi connectivity index (χ0v) is 18.9. The first-order chi connectivity index (χ1) is 13.9. The highest BCUT2D eigenvalue weighted by molar-refractivity contribution is 7.86. The van der Waals surface area contributed by atoms with Crippen molar-refractivity contribution in [1.29, 1.82) is 0 Å². The molecule has 2 rings (SSSR count). The molecule has 2 aromatic carbocycles. The van der Waals surface area contributed by atoms with E-state index in [9.17, 15) is 13.2 Å². The van der Waals surface area contributed by atoms with Crippen LogP contribution in [0.3, 0.4) is 0 Å². The molecule has 8 heteroatoms. The molecule has 0 heterocycles. The van der Waals surface area contributed by atoms with Crippen molar-refractivity contribution in [3.63, 3.8) is 0 Å². The van der Waals surface area contributed by atoms with E-state index >= 15 is 0 Å². The number of rotatable bonds is 7. The molecule has 0 aliphatic heterocycles. The number of hydrogen-bond acceptors (Lipinski definition) is 6. The van der Waals surface area contributed by atoms with Gasteiger partial charge >= 0.3 is 6.09 Å². The topological polar surface area (TPSA) is 90.9 Å². The summed E-state index contributed by atoms with van der Waals surface area (Å²) in [5.41, 5.74) is 0.880. The Morgan fingerprint density at radius 1 is 1.00 bits per heavy atom. The first kappa shape index (κ1) is 23.7. The van der Waals surface area contributed by atoms with E-state index in [1.165, 1.54) is 12.1 Å². The van der Waals surface area contributed by atoms with Gasteiger partial charge in [0.1, 0.15) is 11.4 Å². The van der Waals surface area contributed by atoms with E-state index in [1.807, 2.05) is 6.92 Å². The minimum Gasteiger partial charge on any atom is -0.497 e. The third kappa shape index (κ3) is 6.74. The van der Waals surface area contributed by atoms with Gasteiger partial charge in [0.05, 0.1) is 24.2 Å². The SMILES string of the molecule is COc1ccc([C@H](NC(=O)OC(C)(C)C)[C@H](C)OS(=O)(=O)c2ccc(C)cc2)cc1. The Bertz CT molecular complexity index is 947. The molecular weight excluding hydrogens is 406 g/mol. The Morgan fingerprint density at radius 3 is 2.07 bits per heavy atom. The highest BCUT2D eigenvalue weighted by atomic mass is 32.2. The lowest BCUT2D eigenvalue weighted by Crippen LogP contribution is -2.40. The monoisotopic (exact) mass is 435 g/mol. The van der Waals surface area contributed by atoms with Crippen LogP contribution in [0.25, 0.3) is 0 Å². The summed E-state index contributed by atoms with van der Waals surface area (Å²) in [5, 5.41) is 2.72. The van der Waals surface area contributed by atoms with Crippen LogP contribution in [0.15, 0.2) is 53.4 Å². The van der Waals surface area contributed by atoms with Crippen molar-refractivity contribution in [3.05, 3.63) is 59.7 Å². The number of aryl methyl sites for hydroxylation is 1. The summed E-state index contributed by atoms with van der Waals surface area (Å²) >= 11 is 0. The van der Waals surface area contributed by atoms with Gasteiger partial charge in [-0.15, -0.1) is 0 Å². The Kier molecular flexibility index (Phi) is 7.49. The minimum atomic E-state index is -4.03. The summed E-state index contributed by atoms with van der Waals surface area (Å²) in [7, 11) is -2.48. The van der Waals surface area contributed by atoms with E-state index in [-0.39, 0.29) is 4.90 Å². The molecule has 7 nitrogen and oxygen atoms in total. The molecule has 0 radical (unpaired) electrons. The average molecular weight is 436 g/mol. The van der Waals surface area contributed by atoms with E-state index in [0.717, 1.165) is 5.56 Å². The Hall–Kier alpha value is -2.58. The summed E-state index contributed by atoms with van der Waals surface area (Å²) in [5.74, 6) is 0.635. The zero-order chi connectivity index (χ0) is 22.5. The zero-order valence-electron chi connectivity index (χ0n) is 18.1. The quantitative estimate of drug-likeness (QED) is 0.650. The number of amides is 1. The lowest BCUT2D eigenvalue weighted by molar-refractivity contribution is 0.0455. The largest absolute Gasteiger partial charge is 0.497 e. The van der Waals surface area contributed by atoms with Crippen molar-refractivity contribution in [2.45, 2.75) is 57.3 Å². The summed E-state index contributed by atoms with van der Waals surface area (Å²) in [6.45, 7) is 8.69. The standard InChI is InChI=1S/C22H29NO6S/c1-15-7-13-19(14-8-15)30(25,26)29-16(2)20(23-21(24)28-22(3,4)5)17-9-11-18(27-6)12-10-17/h7-14,16,20H,1-6H3,(H,23,24)/t16-,20+/m0/s1. The van der Waals surface area contributed by atoms with E-state index < -0.39 is 34.0 Å². The summed E-state index contributed by atoms with van der Waals surface area (Å²) in [6, 6.07) is 12.5. The van der Waals surface area contributed by atoms with Gasteiger partial charge in [-0.2, -0.15) is 8.42 Å². The Balaban J connectivity index is 2.29. The number of ether oxygens (including phenoxy) is 2. The highest BCUT2D eigenvalue weighted by Crippen LogP contribution is 2.26. The lowest BCUT2D eigenvalue weighted by atomic mass is 10.0. The van der Waals surface area contributed by atoms with E-state index in [1.54, 1.807) is 71.2 Å². The molecule has 1 N–H and O–H groups in total. The molecule has 2 aromatic rings. The van der Waals surface area contributed by atoms with E-state index in [4.69, 9.17) is 13.7 Å². The van der Waals surface area contributed by atoms with Gasteiger partial charge in [-0.1, -0.05) is 29.8 Å². The van der Waals surface area contributed by atoms with Crippen LogP contribution in [-0.4, -0.2) is 33.3 Å². The van der Waals surface area contributed by atoms with Crippen LogP contribution in [0, 0.1) is 6.92 Å². The first-order valence-corrected chi connectivity index (χ1v) is 11.0. The van der Waals surface area contributed by atoms with Crippen LogP contribution >= 0.6 is 0 Å². The predicted molar refractivity (Wildman–Crippen MR) is 114 cm³/mol. The normalized spacial score (nSPS) is 13.9. The third-order valence-electron chi connectivity index (χ3n) is 4.20. The van der Waals surface area contributed by atoms with Gasteiger partial charge in [0.15, 0.2) is 0 Å². The Labute approximate surface area is 178 Å². The molecule has 0 saturated carbocycles. The van der Waals surface area contributed by atoms with Gasteiger partial charge in [0.25, 0.3) is 10.1 Å². The second-order valence-electron chi connectivity index (χ2n) is 7.97. The van der Waals surface area contributed by atoms with Gasteiger partial charge in [-0.05, 0) is 64.4 Å². The van der Waals surface area contributed by atoms with Crippen LogP contribution in [0.5, 0.6) is 5.75 Å². The molecule has 0 fully saturated rings. The number of carbonyl (C=O) groups excluding carboxylic acids is 1. The van der Waals surface area contributed by atoms with Gasteiger partial charge in [0, 0.05) is 0 Å². The molecule has 0 aliphatic carbocycles. The maximum absolute atomic E-state index is 12.7. The molecule has 0 bridgehead atoms. The molecule has 0 unspecified atom stereocenters. The molecule has 0 aliphatic rings. The molecular formula is C22H29NO6S. The van der Waals surface area contributed by atoms with Crippen molar-refractivity contribution in [1.82, 2.24) is 5.32 Å². The van der Waals surface area contributed by atoms with Crippen LogP contribution in [0.4, 0.5) is 4.79 Å². The van der Waals surface area contributed by atoms with Crippen LogP contribution in [0.1, 0.15) is 44.9 Å². The number of hydrogen-bond donors (Lipinski definition) is 1. The van der Waals surface area contributed by atoms with Gasteiger partial charge in [0.2, 0.25) is 0 Å². The average Bonchev–Trinajstić information content (AvgIpc) is 2.65. The maximum atomic E-state index is 12.7. The number of alkyl carbamates (subject to hydrolysis) is 1. The lowest BCUT2D eigenvalue weighted by Gasteiger charge is -2.27. The number of benzene rings is 2. The maximum Gasteiger partial charge on any atom is 0.408 e. The fraction of sp³-hybridized carbons (Fsp3) is 0.409. The first-order valence-electron chi connectivity index (χ1n) is 9.55. The van der Waals surface area contributed by atoms with Crippen LogP contribution in [-0.2, 0) is 19.0 Å². The molecule has 2 atom stereocenters. The minimum absolute atomic E-state index is 0.0469. The summed E-state index contributed by atoms with van der Waals surface area (Å²) < 4.78 is 41.4.